The van der Waals surface area contributed by atoms with Crippen LogP contribution in [0.5, 0.6) is 17.2 Å². The van der Waals surface area contributed by atoms with Crippen LogP contribution in [0.4, 0.5) is 5.69 Å². The zero-order valence-electron chi connectivity index (χ0n) is 26.0. The van der Waals surface area contributed by atoms with Crippen molar-refractivity contribution in [1.82, 2.24) is 10.7 Å². The number of hydrogen-bond donors (Lipinski definition) is 2. The van der Waals surface area contributed by atoms with E-state index in [1.807, 2.05) is 44.2 Å². The van der Waals surface area contributed by atoms with Crippen LogP contribution in [0.1, 0.15) is 29.7 Å². The zero-order valence-corrected chi connectivity index (χ0v) is 26.8. The van der Waals surface area contributed by atoms with E-state index in [1.165, 1.54) is 44.7 Å². The molecule has 2 N–H and O–H groups in total. The maximum Gasteiger partial charge on any atom is 0.264 e. The van der Waals surface area contributed by atoms with Crippen LogP contribution in [0, 0.1) is 6.92 Å². The Balaban J connectivity index is 1.39. The van der Waals surface area contributed by atoms with E-state index < -0.39 is 22.5 Å². The lowest BCUT2D eigenvalue weighted by atomic mass is 10.1. The summed E-state index contributed by atoms with van der Waals surface area (Å²) in [7, 11) is -1.30. The number of methoxy groups -OCH3 is 2. The van der Waals surface area contributed by atoms with Gasteiger partial charge >= 0.3 is 0 Å². The number of anilines is 1. The number of rotatable bonds is 14. The van der Waals surface area contributed by atoms with Gasteiger partial charge in [-0.3, -0.25) is 13.9 Å². The summed E-state index contributed by atoms with van der Waals surface area (Å²) in [5, 5.41) is 6.88. The molecule has 1 atom stereocenters. The predicted molar refractivity (Wildman–Crippen MR) is 176 cm³/mol. The molecule has 0 saturated carbocycles. The third-order valence-electron chi connectivity index (χ3n) is 6.88. The molecule has 2 amide bonds. The summed E-state index contributed by atoms with van der Waals surface area (Å²) in [6.45, 7) is 3.02. The van der Waals surface area contributed by atoms with Crippen LogP contribution in [-0.4, -0.2) is 53.8 Å². The van der Waals surface area contributed by atoms with Crippen LogP contribution >= 0.6 is 0 Å². The minimum Gasteiger partial charge on any atom is -0.497 e. The minimum atomic E-state index is -4.18. The Labute approximate surface area is 268 Å². The quantitative estimate of drug-likeness (QED) is 0.151. The van der Waals surface area contributed by atoms with Gasteiger partial charge in [-0.15, -0.1) is 0 Å². The van der Waals surface area contributed by atoms with Crippen molar-refractivity contribution < 1.29 is 32.2 Å². The molecule has 0 aliphatic carbocycles. The van der Waals surface area contributed by atoms with Crippen molar-refractivity contribution in [2.75, 3.05) is 31.7 Å². The summed E-state index contributed by atoms with van der Waals surface area (Å²) in [5.74, 6) is 0.210. The first kappa shape index (κ1) is 33.5. The van der Waals surface area contributed by atoms with Crippen LogP contribution in [0.25, 0.3) is 0 Å². The maximum atomic E-state index is 13.7. The topological polar surface area (TPSA) is 136 Å². The third kappa shape index (κ3) is 8.85. The van der Waals surface area contributed by atoms with Gasteiger partial charge in [0, 0.05) is 6.07 Å². The highest BCUT2D eigenvalue weighted by atomic mass is 32.2. The van der Waals surface area contributed by atoms with Crippen molar-refractivity contribution >= 4 is 33.7 Å². The maximum absolute atomic E-state index is 13.7. The molecule has 0 aliphatic rings. The highest BCUT2D eigenvalue weighted by Gasteiger charge is 2.29. The Morgan fingerprint density at radius 2 is 1.54 bits per heavy atom. The summed E-state index contributed by atoms with van der Waals surface area (Å²) in [4.78, 5) is 25.3. The normalized spacial score (nSPS) is 11.8. The van der Waals surface area contributed by atoms with Gasteiger partial charge in [-0.05, 0) is 73.5 Å². The van der Waals surface area contributed by atoms with Gasteiger partial charge in [-0.1, -0.05) is 48.0 Å². The molecule has 0 aromatic heterocycles. The number of aryl methyl sites for hydroxylation is 1. The highest BCUT2D eigenvalue weighted by Crippen LogP contribution is 2.35. The SMILES string of the molecule is COc1ccc(N(CC(=O)N/N=C\c2ccc(OCC(=O)N[C@@H](C)c3ccccc3)cc2)S(=O)(=O)c2ccc(C)cc2)c(OC)c1. The number of carbonyl (C=O) groups is 2. The first-order valence-electron chi connectivity index (χ1n) is 14.3. The van der Waals surface area contributed by atoms with Crippen molar-refractivity contribution in [2.24, 2.45) is 5.10 Å². The smallest absolute Gasteiger partial charge is 0.264 e. The first-order valence-corrected chi connectivity index (χ1v) is 15.7. The lowest BCUT2D eigenvalue weighted by Gasteiger charge is -2.25. The highest BCUT2D eigenvalue weighted by molar-refractivity contribution is 7.92. The first-order chi connectivity index (χ1) is 22.1. The van der Waals surface area contributed by atoms with Gasteiger partial charge in [0.05, 0.1) is 37.1 Å². The molecule has 240 valence electrons. The summed E-state index contributed by atoms with van der Waals surface area (Å²) in [5.41, 5.74) is 5.05. The fourth-order valence-electron chi connectivity index (χ4n) is 4.38. The summed E-state index contributed by atoms with van der Waals surface area (Å²) in [6, 6.07) is 27.2. The van der Waals surface area contributed by atoms with Crippen LogP contribution in [0.2, 0.25) is 0 Å². The van der Waals surface area contributed by atoms with E-state index in [0.717, 1.165) is 15.4 Å². The number of hydrogen-bond acceptors (Lipinski definition) is 8. The molecule has 11 nitrogen and oxygen atoms in total. The molecular weight excluding hydrogens is 608 g/mol. The van der Waals surface area contributed by atoms with E-state index in [-0.39, 0.29) is 34.9 Å². The van der Waals surface area contributed by atoms with Crippen LogP contribution in [0.15, 0.2) is 107 Å². The largest absolute Gasteiger partial charge is 0.497 e. The minimum absolute atomic E-state index is 0.0118. The number of nitrogens with zero attached hydrogens (tertiary/aromatic N) is 2. The Morgan fingerprint density at radius 3 is 2.20 bits per heavy atom. The van der Waals surface area contributed by atoms with E-state index in [4.69, 9.17) is 14.2 Å². The Bertz CT molecular complexity index is 1760. The van der Waals surface area contributed by atoms with E-state index in [9.17, 15) is 18.0 Å². The third-order valence-corrected chi connectivity index (χ3v) is 8.66. The van der Waals surface area contributed by atoms with Gasteiger partial charge in [0.15, 0.2) is 6.61 Å². The van der Waals surface area contributed by atoms with E-state index in [0.29, 0.717) is 17.1 Å². The van der Waals surface area contributed by atoms with Crippen LogP contribution in [-0.2, 0) is 19.6 Å². The second-order valence-corrected chi connectivity index (χ2v) is 12.1. The zero-order chi connectivity index (χ0) is 33.1. The Hall–Kier alpha value is -5.36. The van der Waals surface area contributed by atoms with Crippen molar-refractivity contribution in [1.29, 1.82) is 0 Å². The molecule has 0 heterocycles. The molecular formula is C34H36N4O7S. The van der Waals surface area contributed by atoms with E-state index in [2.05, 4.69) is 15.8 Å². The molecule has 4 aromatic carbocycles. The molecule has 0 spiro atoms. The summed E-state index contributed by atoms with van der Waals surface area (Å²) in [6.07, 6.45) is 1.41. The number of nitrogens with one attached hydrogen (secondary N) is 2. The van der Waals surface area contributed by atoms with Gasteiger partial charge in [0.2, 0.25) is 0 Å². The monoisotopic (exact) mass is 644 g/mol. The second-order valence-electron chi connectivity index (χ2n) is 10.2. The number of benzene rings is 4. The standard InChI is InChI=1S/C34H36N4O7S/c1-24-10-17-30(18-11-24)46(41,42)38(31-19-16-29(43-3)20-32(31)44-4)22-33(39)37-35-21-26-12-14-28(15-13-26)45-23-34(40)36-25(2)27-8-6-5-7-9-27/h5-21,25H,22-23H2,1-4H3,(H,36,40)(H,37,39)/b35-21-/t25-/m0/s1. The van der Waals surface area contributed by atoms with Crippen LogP contribution in [0.3, 0.4) is 0 Å². The van der Waals surface area contributed by atoms with E-state index in [1.54, 1.807) is 42.5 Å². The molecule has 0 bridgehead atoms. The van der Waals surface area contributed by atoms with Crippen molar-refractivity contribution in [3.8, 4) is 17.2 Å². The molecule has 0 saturated heterocycles. The van der Waals surface area contributed by atoms with Crippen LogP contribution < -0.4 is 29.3 Å². The molecule has 0 radical (unpaired) electrons. The molecule has 0 fully saturated rings. The van der Waals surface area contributed by atoms with Gasteiger partial charge in [-0.25, -0.2) is 13.8 Å². The predicted octanol–water partition coefficient (Wildman–Crippen LogP) is 4.61. The van der Waals surface area contributed by atoms with Crippen molar-refractivity contribution in [3.05, 3.63) is 114 Å². The Morgan fingerprint density at radius 1 is 0.870 bits per heavy atom. The van der Waals surface area contributed by atoms with Crippen molar-refractivity contribution in [3.63, 3.8) is 0 Å². The lowest BCUT2D eigenvalue weighted by Crippen LogP contribution is -2.39. The fraction of sp³-hybridized carbons (Fsp3) is 0.206. The van der Waals surface area contributed by atoms with Crippen molar-refractivity contribution in [2.45, 2.75) is 24.8 Å². The second kappa shape index (κ2) is 15.6. The average molecular weight is 645 g/mol. The molecule has 12 heteroatoms. The Kier molecular flexibility index (Phi) is 11.4. The number of sulfonamides is 1. The van der Waals surface area contributed by atoms with Gasteiger partial charge in [-0.2, -0.15) is 5.10 Å². The molecule has 0 unspecified atom stereocenters. The summed E-state index contributed by atoms with van der Waals surface area (Å²) < 4.78 is 44.7. The lowest BCUT2D eigenvalue weighted by molar-refractivity contribution is -0.123. The number of carbonyl (C=O) groups excluding carboxylic acids is 2. The van der Waals surface area contributed by atoms with Gasteiger partial charge in [0.25, 0.3) is 21.8 Å². The number of ether oxygens (including phenoxy) is 3. The number of hydrazone groups is 1. The molecule has 0 aliphatic heterocycles. The molecule has 4 aromatic rings. The van der Waals surface area contributed by atoms with Gasteiger partial charge in [0.1, 0.15) is 23.8 Å². The van der Waals surface area contributed by atoms with Gasteiger partial charge < -0.3 is 19.5 Å². The molecule has 46 heavy (non-hydrogen) atoms. The van der Waals surface area contributed by atoms with E-state index >= 15 is 0 Å². The molecule has 4 rings (SSSR count). The fourth-order valence-corrected chi connectivity index (χ4v) is 5.81. The number of amides is 2. The summed E-state index contributed by atoms with van der Waals surface area (Å²) >= 11 is 0. The average Bonchev–Trinajstić information content (AvgIpc) is 3.07.